The minimum absolute atomic E-state index is 0.0748. The van der Waals surface area contributed by atoms with Crippen LogP contribution in [0.15, 0.2) is 18.2 Å². The number of benzene rings is 1. The largest absolute Gasteiger partial charge is 0.387 e. The van der Waals surface area contributed by atoms with Crippen LogP contribution in [-0.4, -0.2) is 58.3 Å². The Hall–Kier alpha value is -1.59. The highest BCUT2D eigenvalue weighted by atomic mass is 16.5. The summed E-state index contributed by atoms with van der Waals surface area (Å²) < 4.78 is 5.44. The third kappa shape index (κ3) is 5.59. The summed E-state index contributed by atoms with van der Waals surface area (Å²) in [5.74, 6) is -0.0748. The summed E-state index contributed by atoms with van der Waals surface area (Å²) in [5.41, 5.74) is 2.57. The highest BCUT2D eigenvalue weighted by molar-refractivity contribution is 5.99. The molecule has 1 aromatic rings. The molecule has 0 aliphatic heterocycles. The van der Waals surface area contributed by atoms with Gasteiger partial charge in [-0.2, -0.15) is 0 Å². The van der Waals surface area contributed by atoms with Crippen LogP contribution < -0.4 is 10.6 Å². The van der Waals surface area contributed by atoms with Crippen molar-refractivity contribution >= 4 is 11.6 Å². The van der Waals surface area contributed by atoms with E-state index in [1.54, 1.807) is 0 Å². The lowest BCUT2D eigenvalue weighted by atomic mass is 10.1. The first kappa shape index (κ1) is 16.5. The molecule has 0 saturated carbocycles. The highest BCUT2D eigenvalue weighted by Crippen LogP contribution is 2.16. The number of carbonyl (C=O) groups is 1. The number of nitrogens with one attached hydrogen (secondary N) is 2. The number of likely N-dealkylation sites (N-methyl/N-ethyl adjacent to an activating group) is 1. The normalized spacial score (nSPS) is 10.7. The SMILES string of the molecule is CNc1ccc(C)cc1C(=O)NCCOCCN(C)C. The van der Waals surface area contributed by atoms with Gasteiger partial charge in [0.15, 0.2) is 0 Å². The maximum Gasteiger partial charge on any atom is 0.253 e. The van der Waals surface area contributed by atoms with Crippen LogP contribution in [0.5, 0.6) is 0 Å². The minimum atomic E-state index is -0.0748. The molecule has 0 heterocycles. The van der Waals surface area contributed by atoms with Crippen molar-refractivity contribution in [3.05, 3.63) is 29.3 Å². The molecule has 0 bridgehead atoms. The third-order valence-electron chi connectivity index (χ3n) is 2.90. The number of amides is 1. The number of rotatable bonds is 8. The van der Waals surface area contributed by atoms with Crippen LogP contribution >= 0.6 is 0 Å². The number of carbonyl (C=O) groups excluding carboxylic acids is 1. The predicted octanol–water partition coefficient (Wildman–Crippen LogP) is 1.34. The minimum Gasteiger partial charge on any atom is -0.387 e. The van der Waals surface area contributed by atoms with E-state index in [-0.39, 0.29) is 5.91 Å². The molecule has 1 rings (SSSR count). The molecule has 5 nitrogen and oxygen atoms in total. The van der Waals surface area contributed by atoms with Gasteiger partial charge in [-0.05, 0) is 33.2 Å². The van der Waals surface area contributed by atoms with Crippen LogP contribution in [0.25, 0.3) is 0 Å². The lowest BCUT2D eigenvalue weighted by Gasteiger charge is -2.12. The summed E-state index contributed by atoms with van der Waals surface area (Å²) in [6.07, 6.45) is 0. The fraction of sp³-hybridized carbons (Fsp3) is 0.533. The zero-order valence-electron chi connectivity index (χ0n) is 12.8. The van der Waals surface area contributed by atoms with Gasteiger partial charge in [-0.15, -0.1) is 0 Å². The number of hydrogen-bond donors (Lipinski definition) is 2. The molecule has 0 aliphatic rings. The van der Waals surface area contributed by atoms with Crippen molar-refractivity contribution < 1.29 is 9.53 Å². The molecule has 0 saturated heterocycles. The van der Waals surface area contributed by atoms with E-state index in [0.29, 0.717) is 25.3 Å². The Morgan fingerprint density at radius 1 is 1.30 bits per heavy atom. The van der Waals surface area contributed by atoms with E-state index in [2.05, 4.69) is 15.5 Å². The Balaban J connectivity index is 2.37. The summed E-state index contributed by atoms with van der Waals surface area (Å²) in [6.45, 7) is 4.58. The van der Waals surface area contributed by atoms with Crippen LogP contribution in [0, 0.1) is 6.92 Å². The van der Waals surface area contributed by atoms with Gasteiger partial charge in [-0.3, -0.25) is 4.79 Å². The van der Waals surface area contributed by atoms with Gasteiger partial charge < -0.3 is 20.3 Å². The number of hydrogen-bond acceptors (Lipinski definition) is 4. The molecule has 0 radical (unpaired) electrons. The average molecular weight is 279 g/mol. The van der Waals surface area contributed by atoms with Gasteiger partial charge in [0.25, 0.3) is 5.91 Å². The van der Waals surface area contributed by atoms with Gasteiger partial charge in [0.1, 0.15) is 0 Å². The van der Waals surface area contributed by atoms with Crippen LogP contribution in [-0.2, 0) is 4.74 Å². The number of anilines is 1. The van der Waals surface area contributed by atoms with E-state index in [4.69, 9.17) is 4.74 Å². The van der Waals surface area contributed by atoms with Crippen LogP contribution in [0.2, 0.25) is 0 Å². The molecule has 2 N–H and O–H groups in total. The zero-order valence-corrected chi connectivity index (χ0v) is 12.8. The predicted molar refractivity (Wildman–Crippen MR) is 82.4 cm³/mol. The van der Waals surface area contributed by atoms with Gasteiger partial charge in [0.2, 0.25) is 0 Å². The molecular formula is C15H25N3O2. The fourth-order valence-corrected chi connectivity index (χ4v) is 1.75. The third-order valence-corrected chi connectivity index (χ3v) is 2.90. The van der Waals surface area contributed by atoms with Crippen molar-refractivity contribution in [1.29, 1.82) is 0 Å². The van der Waals surface area contributed by atoms with Crippen molar-refractivity contribution in [1.82, 2.24) is 10.2 Å². The van der Waals surface area contributed by atoms with Crippen LogP contribution in [0.3, 0.4) is 0 Å². The van der Waals surface area contributed by atoms with E-state index in [1.807, 2.05) is 46.3 Å². The monoisotopic (exact) mass is 279 g/mol. The van der Waals surface area contributed by atoms with E-state index < -0.39 is 0 Å². The Bertz CT molecular complexity index is 433. The Labute approximate surface area is 121 Å². The topological polar surface area (TPSA) is 53.6 Å². The molecular weight excluding hydrogens is 254 g/mol. The summed E-state index contributed by atoms with van der Waals surface area (Å²) in [5, 5.41) is 5.90. The molecule has 5 heteroatoms. The number of nitrogens with zero attached hydrogens (tertiary/aromatic N) is 1. The van der Waals surface area contributed by atoms with Crippen molar-refractivity contribution in [2.45, 2.75) is 6.92 Å². The lowest BCUT2D eigenvalue weighted by Crippen LogP contribution is -2.29. The van der Waals surface area contributed by atoms with Crippen molar-refractivity contribution in [3.63, 3.8) is 0 Å². The van der Waals surface area contributed by atoms with Crippen molar-refractivity contribution in [2.24, 2.45) is 0 Å². The Morgan fingerprint density at radius 2 is 2.05 bits per heavy atom. The second kappa shape index (κ2) is 8.55. The molecule has 1 aromatic carbocycles. The number of ether oxygens (including phenoxy) is 1. The van der Waals surface area contributed by atoms with E-state index in [1.165, 1.54) is 0 Å². The van der Waals surface area contributed by atoms with Gasteiger partial charge in [0, 0.05) is 25.8 Å². The quantitative estimate of drug-likeness (QED) is 0.705. The summed E-state index contributed by atoms with van der Waals surface area (Å²) in [6, 6.07) is 5.78. The Kier molecular flexibility index (Phi) is 7.04. The van der Waals surface area contributed by atoms with E-state index >= 15 is 0 Å². The molecule has 0 unspecified atom stereocenters. The van der Waals surface area contributed by atoms with Gasteiger partial charge in [-0.25, -0.2) is 0 Å². The lowest BCUT2D eigenvalue weighted by molar-refractivity contribution is 0.0901. The maximum absolute atomic E-state index is 12.1. The first-order chi connectivity index (χ1) is 9.54. The van der Waals surface area contributed by atoms with E-state index in [0.717, 1.165) is 17.8 Å². The standard InChI is InChI=1S/C15H25N3O2/c1-12-5-6-14(16-2)13(11-12)15(19)17-7-9-20-10-8-18(3)4/h5-6,11,16H,7-10H2,1-4H3,(H,17,19). The van der Waals surface area contributed by atoms with Crippen molar-refractivity contribution in [2.75, 3.05) is 52.8 Å². The molecule has 1 amide bonds. The fourth-order valence-electron chi connectivity index (χ4n) is 1.75. The molecule has 0 aliphatic carbocycles. The van der Waals surface area contributed by atoms with E-state index in [9.17, 15) is 4.79 Å². The second-order valence-electron chi connectivity index (χ2n) is 4.97. The second-order valence-corrected chi connectivity index (χ2v) is 4.97. The summed E-state index contributed by atoms with van der Waals surface area (Å²) in [7, 11) is 5.82. The first-order valence-corrected chi connectivity index (χ1v) is 6.83. The highest BCUT2D eigenvalue weighted by Gasteiger charge is 2.10. The average Bonchev–Trinajstić information content (AvgIpc) is 2.42. The zero-order chi connectivity index (χ0) is 15.0. The molecule has 20 heavy (non-hydrogen) atoms. The molecule has 0 fully saturated rings. The molecule has 0 spiro atoms. The van der Waals surface area contributed by atoms with Crippen LogP contribution in [0.1, 0.15) is 15.9 Å². The Morgan fingerprint density at radius 3 is 2.70 bits per heavy atom. The maximum atomic E-state index is 12.1. The summed E-state index contributed by atoms with van der Waals surface area (Å²) in [4.78, 5) is 14.2. The first-order valence-electron chi connectivity index (χ1n) is 6.83. The molecule has 0 aromatic heterocycles. The van der Waals surface area contributed by atoms with Crippen molar-refractivity contribution in [3.8, 4) is 0 Å². The van der Waals surface area contributed by atoms with Gasteiger partial charge in [0.05, 0.1) is 18.8 Å². The number of aryl methyl sites for hydroxylation is 1. The van der Waals surface area contributed by atoms with Gasteiger partial charge in [-0.1, -0.05) is 11.6 Å². The summed E-state index contributed by atoms with van der Waals surface area (Å²) >= 11 is 0. The van der Waals surface area contributed by atoms with Crippen LogP contribution in [0.4, 0.5) is 5.69 Å². The van der Waals surface area contributed by atoms with Gasteiger partial charge >= 0.3 is 0 Å². The molecule has 112 valence electrons. The smallest absolute Gasteiger partial charge is 0.253 e. The molecule has 0 atom stereocenters.